The molecule has 0 saturated carbocycles. The summed E-state index contributed by atoms with van der Waals surface area (Å²) in [5, 5.41) is 21.5. The highest BCUT2D eigenvalue weighted by Gasteiger charge is 2.22. The lowest BCUT2D eigenvalue weighted by Gasteiger charge is -2.16. The number of anilines is 1. The summed E-state index contributed by atoms with van der Waals surface area (Å²) < 4.78 is 3.74. The number of hydrogen-bond acceptors (Lipinski definition) is 6. The topological polar surface area (TPSA) is 90.5 Å². The fourth-order valence-electron chi connectivity index (χ4n) is 3.13. The van der Waals surface area contributed by atoms with E-state index in [0.717, 1.165) is 40.7 Å². The van der Waals surface area contributed by atoms with E-state index in [9.17, 15) is 4.79 Å². The highest BCUT2D eigenvalue weighted by atomic mass is 32.1. The minimum Gasteiger partial charge on any atom is -0.299 e. The van der Waals surface area contributed by atoms with Crippen molar-refractivity contribution in [3.8, 4) is 0 Å². The molecule has 1 amide bonds. The molecule has 1 atom stereocenters. The molecule has 8 nitrogen and oxygen atoms in total. The second-order valence-electron chi connectivity index (χ2n) is 6.69. The molecular formula is C18H25N7OS. The predicted octanol–water partition coefficient (Wildman–Crippen LogP) is 3.00. The first-order valence-electron chi connectivity index (χ1n) is 9.04. The van der Waals surface area contributed by atoms with Crippen molar-refractivity contribution >= 4 is 22.4 Å². The Hall–Kier alpha value is -2.55. The van der Waals surface area contributed by atoms with Gasteiger partial charge < -0.3 is 0 Å². The van der Waals surface area contributed by atoms with Gasteiger partial charge in [-0.3, -0.25) is 19.5 Å². The van der Waals surface area contributed by atoms with Gasteiger partial charge in [-0.25, -0.2) is 0 Å². The zero-order valence-corrected chi connectivity index (χ0v) is 17.2. The van der Waals surface area contributed by atoms with Crippen LogP contribution in [0, 0.1) is 27.7 Å². The van der Waals surface area contributed by atoms with E-state index in [1.165, 1.54) is 11.3 Å². The molecule has 27 heavy (non-hydrogen) atoms. The van der Waals surface area contributed by atoms with Crippen LogP contribution in [0.25, 0.3) is 0 Å². The molecule has 3 aromatic rings. The molecule has 0 radical (unpaired) electrons. The van der Waals surface area contributed by atoms with E-state index in [-0.39, 0.29) is 11.9 Å². The zero-order chi connectivity index (χ0) is 19.6. The van der Waals surface area contributed by atoms with Gasteiger partial charge in [-0.05, 0) is 46.2 Å². The Morgan fingerprint density at radius 3 is 2.41 bits per heavy atom. The fourth-order valence-corrected chi connectivity index (χ4v) is 3.86. The van der Waals surface area contributed by atoms with E-state index < -0.39 is 0 Å². The Balaban J connectivity index is 1.63. The van der Waals surface area contributed by atoms with E-state index >= 15 is 0 Å². The van der Waals surface area contributed by atoms with E-state index in [1.54, 1.807) is 4.68 Å². The molecule has 0 fully saturated rings. The second-order valence-corrected chi connectivity index (χ2v) is 7.75. The third-order valence-electron chi connectivity index (χ3n) is 4.37. The molecule has 1 N–H and O–H groups in total. The number of aryl methyl sites for hydroxylation is 6. The summed E-state index contributed by atoms with van der Waals surface area (Å²) in [5.41, 5.74) is 4.01. The van der Waals surface area contributed by atoms with Crippen LogP contribution in [0.1, 0.15) is 47.2 Å². The van der Waals surface area contributed by atoms with Crippen LogP contribution in [0.4, 0.5) is 5.13 Å². The molecule has 3 heterocycles. The SMILES string of the molecule is CCC(C(=O)Nc1nnc(CCn2nc(C)cc2C)s1)n1nc(C)cc1C. The number of nitrogens with zero attached hydrogens (tertiary/aromatic N) is 6. The van der Waals surface area contributed by atoms with E-state index in [1.807, 2.05) is 45.4 Å². The second kappa shape index (κ2) is 7.99. The monoisotopic (exact) mass is 387 g/mol. The molecule has 0 bridgehead atoms. The number of hydrogen-bond donors (Lipinski definition) is 1. The molecule has 3 rings (SSSR count). The lowest BCUT2D eigenvalue weighted by Crippen LogP contribution is -2.27. The lowest BCUT2D eigenvalue weighted by atomic mass is 10.2. The van der Waals surface area contributed by atoms with Crippen LogP contribution in [0.2, 0.25) is 0 Å². The Morgan fingerprint density at radius 2 is 1.81 bits per heavy atom. The number of amides is 1. The molecular weight excluding hydrogens is 362 g/mol. The predicted molar refractivity (Wildman–Crippen MR) is 105 cm³/mol. The first-order valence-corrected chi connectivity index (χ1v) is 9.86. The number of carbonyl (C=O) groups excluding carboxylic acids is 1. The normalized spacial score (nSPS) is 12.3. The van der Waals surface area contributed by atoms with E-state index in [0.29, 0.717) is 11.6 Å². The van der Waals surface area contributed by atoms with Gasteiger partial charge in [-0.1, -0.05) is 18.3 Å². The van der Waals surface area contributed by atoms with Crippen molar-refractivity contribution in [2.75, 3.05) is 5.32 Å². The highest BCUT2D eigenvalue weighted by molar-refractivity contribution is 7.15. The summed E-state index contributed by atoms with van der Waals surface area (Å²) in [6.45, 7) is 10.6. The van der Waals surface area contributed by atoms with Gasteiger partial charge in [0.05, 0.1) is 11.4 Å². The smallest absolute Gasteiger partial charge is 0.251 e. The third kappa shape index (κ3) is 4.41. The molecule has 0 aliphatic rings. The van der Waals surface area contributed by atoms with Crippen molar-refractivity contribution in [2.45, 2.75) is 60.0 Å². The summed E-state index contributed by atoms with van der Waals surface area (Å²) in [6, 6.07) is 3.66. The van der Waals surface area contributed by atoms with Crippen molar-refractivity contribution in [1.29, 1.82) is 0 Å². The Bertz CT molecular complexity index is 940. The van der Waals surface area contributed by atoms with Crippen LogP contribution >= 0.6 is 11.3 Å². The maximum absolute atomic E-state index is 12.7. The molecule has 0 saturated heterocycles. The van der Waals surface area contributed by atoms with Crippen molar-refractivity contribution in [2.24, 2.45) is 0 Å². The zero-order valence-electron chi connectivity index (χ0n) is 16.4. The molecule has 0 aliphatic heterocycles. The van der Waals surface area contributed by atoms with Gasteiger partial charge in [0, 0.05) is 24.4 Å². The van der Waals surface area contributed by atoms with Crippen LogP contribution in [-0.2, 0) is 17.8 Å². The van der Waals surface area contributed by atoms with E-state index in [4.69, 9.17) is 0 Å². The number of carbonyl (C=O) groups is 1. The molecule has 3 aromatic heterocycles. The summed E-state index contributed by atoms with van der Waals surface area (Å²) in [4.78, 5) is 12.7. The first kappa shape index (κ1) is 19.2. The first-order chi connectivity index (χ1) is 12.9. The van der Waals surface area contributed by atoms with Gasteiger partial charge in [0.2, 0.25) is 5.13 Å². The van der Waals surface area contributed by atoms with Crippen LogP contribution in [0.15, 0.2) is 12.1 Å². The molecule has 1 unspecified atom stereocenters. The quantitative estimate of drug-likeness (QED) is 0.673. The molecule has 0 spiro atoms. The average molecular weight is 388 g/mol. The Morgan fingerprint density at radius 1 is 1.11 bits per heavy atom. The minimum atomic E-state index is -0.360. The highest BCUT2D eigenvalue weighted by Crippen LogP contribution is 2.21. The van der Waals surface area contributed by atoms with Crippen molar-refractivity contribution in [1.82, 2.24) is 29.8 Å². The number of rotatable bonds is 7. The molecule has 0 aliphatic carbocycles. The van der Waals surface area contributed by atoms with Gasteiger partial charge in [0.1, 0.15) is 11.0 Å². The van der Waals surface area contributed by atoms with Gasteiger partial charge in [0.15, 0.2) is 0 Å². The number of nitrogens with one attached hydrogen (secondary N) is 1. The summed E-state index contributed by atoms with van der Waals surface area (Å²) in [6.07, 6.45) is 1.38. The van der Waals surface area contributed by atoms with Gasteiger partial charge in [0.25, 0.3) is 5.91 Å². The fraction of sp³-hybridized carbons (Fsp3) is 0.500. The summed E-state index contributed by atoms with van der Waals surface area (Å²) in [7, 11) is 0. The maximum Gasteiger partial charge on any atom is 0.251 e. The summed E-state index contributed by atoms with van der Waals surface area (Å²) >= 11 is 1.40. The molecule has 0 aromatic carbocycles. The Kier molecular flexibility index (Phi) is 5.69. The molecule has 144 valence electrons. The summed E-state index contributed by atoms with van der Waals surface area (Å²) in [5.74, 6) is -0.120. The van der Waals surface area contributed by atoms with Crippen LogP contribution in [0.5, 0.6) is 0 Å². The van der Waals surface area contributed by atoms with Crippen LogP contribution < -0.4 is 5.32 Å². The van der Waals surface area contributed by atoms with Crippen molar-refractivity contribution < 1.29 is 4.79 Å². The lowest BCUT2D eigenvalue weighted by molar-refractivity contribution is -0.119. The Labute approximate surface area is 162 Å². The van der Waals surface area contributed by atoms with Gasteiger partial charge in [-0.15, -0.1) is 10.2 Å². The van der Waals surface area contributed by atoms with Gasteiger partial charge >= 0.3 is 0 Å². The van der Waals surface area contributed by atoms with Crippen molar-refractivity contribution in [3.63, 3.8) is 0 Å². The third-order valence-corrected chi connectivity index (χ3v) is 5.27. The number of aromatic nitrogens is 6. The standard InChI is InChI=1S/C18H25N7OS/c1-6-15(25-14(5)10-12(3)23-25)17(26)19-18-21-20-16(27-18)7-8-24-13(4)9-11(2)22-24/h9-10,15H,6-8H2,1-5H3,(H,19,21,26). The van der Waals surface area contributed by atoms with Gasteiger partial charge in [-0.2, -0.15) is 10.2 Å². The molecule has 9 heteroatoms. The van der Waals surface area contributed by atoms with Crippen LogP contribution in [0.3, 0.4) is 0 Å². The maximum atomic E-state index is 12.7. The average Bonchev–Trinajstić information content (AvgIpc) is 3.26. The van der Waals surface area contributed by atoms with Crippen molar-refractivity contribution in [3.05, 3.63) is 39.9 Å². The van der Waals surface area contributed by atoms with E-state index in [2.05, 4.69) is 31.8 Å². The minimum absolute atomic E-state index is 0.120. The van der Waals surface area contributed by atoms with Crippen LogP contribution in [-0.4, -0.2) is 35.7 Å². The largest absolute Gasteiger partial charge is 0.299 e.